The lowest BCUT2D eigenvalue weighted by atomic mass is 9.82. The summed E-state index contributed by atoms with van der Waals surface area (Å²) in [5, 5.41) is 18.6. The Hall–Kier alpha value is -2.70. The molecule has 2 aromatic rings. The van der Waals surface area contributed by atoms with E-state index in [-0.39, 0.29) is 5.92 Å². The Balaban J connectivity index is 0.000000294. The van der Waals surface area contributed by atoms with E-state index in [4.69, 9.17) is 0 Å². The first-order valence-electron chi connectivity index (χ1n) is 26.4. The minimum Gasteiger partial charge on any atom is -0.481 e. The molecule has 6 atom stereocenters. The van der Waals surface area contributed by atoms with E-state index in [1.54, 1.807) is 0 Å². The van der Waals surface area contributed by atoms with E-state index in [0.717, 1.165) is 81.8 Å². The topological polar surface area (TPSA) is 81.1 Å². The van der Waals surface area contributed by atoms with Gasteiger partial charge in [0.1, 0.15) is 0 Å². The Morgan fingerprint density at radius 2 is 1.10 bits per heavy atom. The summed E-state index contributed by atoms with van der Waals surface area (Å²) in [6, 6.07) is 19.6. The number of carboxylic acids is 2. The van der Waals surface area contributed by atoms with E-state index in [1.165, 1.54) is 112 Å². The van der Waals surface area contributed by atoms with Gasteiger partial charge in [0, 0.05) is 31.0 Å². The lowest BCUT2D eigenvalue weighted by Crippen LogP contribution is -2.44. The van der Waals surface area contributed by atoms with Gasteiger partial charge in [-0.05, 0) is 154 Å². The van der Waals surface area contributed by atoms with Crippen LogP contribution in [0.25, 0.3) is 0 Å². The Labute approximate surface area is 387 Å². The van der Waals surface area contributed by atoms with Gasteiger partial charge < -0.3 is 10.2 Å². The number of rotatable bonds is 23. The molecule has 6 heteroatoms. The van der Waals surface area contributed by atoms with Crippen LogP contribution < -0.4 is 0 Å². The molecule has 2 saturated heterocycles. The van der Waals surface area contributed by atoms with Crippen molar-refractivity contribution in [3.8, 4) is 0 Å². The van der Waals surface area contributed by atoms with E-state index >= 15 is 0 Å². The molecule has 2 heterocycles. The van der Waals surface area contributed by atoms with Crippen LogP contribution in [-0.4, -0.2) is 57.6 Å². The summed E-state index contributed by atoms with van der Waals surface area (Å²) in [5.41, 5.74) is 5.55. The SMILES string of the molecule is CCC1CCCC1.CCCc1ccc(C2C[C@H](CC(=O)O)CCN2C(CCC(C)C)CCC(C)CC)cc1.CCCc1ccc([C@@H]2C[C@H](CC(=O)O)CCN2CCCC(C)C)cc1. The maximum Gasteiger partial charge on any atom is 0.303 e. The standard InChI is InChI=1S/C28H47NO2.C22H35NO2.C7H14/c1-6-8-23-11-13-25(14-12-23)27-19-24(20-28(30)31)17-18-29(27)26(15-9-21(3)4)16-10-22(5)7-2;1-4-6-18-8-10-20(11-9-18)21-15-19(16-22(24)25)12-14-23(21)13-5-7-17(2)3;1-2-7-5-3-4-6-7/h11-14,21-22,24,26-27H,6-10,15-20H2,1-5H3,(H,30,31);8-11,17,19,21H,4-7,12-16H2,1-3H3,(H,24,25);7H,2-6H2,1H3/t22?,24-,26?,27?;19-,21+;/m11./s1. The van der Waals surface area contributed by atoms with Gasteiger partial charge in [0.05, 0.1) is 0 Å². The molecule has 0 amide bonds. The molecule has 63 heavy (non-hydrogen) atoms. The molecule has 2 aliphatic heterocycles. The molecule has 3 unspecified atom stereocenters. The zero-order valence-electron chi connectivity index (χ0n) is 42.1. The zero-order chi connectivity index (χ0) is 46.1. The number of carbonyl (C=O) groups is 2. The molecular weight excluding hydrogens is 777 g/mol. The Morgan fingerprint density at radius 1 is 0.603 bits per heavy atom. The van der Waals surface area contributed by atoms with Crippen molar-refractivity contribution >= 4 is 11.9 Å². The summed E-state index contributed by atoms with van der Waals surface area (Å²) in [7, 11) is 0. The fourth-order valence-electron chi connectivity index (χ4n) is 10.6. The minimum atomic E-state index is -0.657. The third-order valence-electron chi connectivity index (χ3n) is 14.8. The van der Waals surface area contributed by atoms with Crippen molar-refractivity contribution in [2.75, 3.05) is 19.6 Å². The van der Waals surface area contributed by atoms with Crippen molar-refractivity contribution in [2.45, 2.75) is 222 Å². The molecule has 0 radical (unpaired) electrons. The molecule has 3 fully saturated rings. The molecule has 3 aliphatic rings. The molecule has 1 saturated carbocycles. The summed E-state index contributed by atoms with van der Waals surface area (Å²) in [5.74, 6) is 2.63. The molecule has 6 nitrogen and oxygen atoms in total. The predicted molar refractivity (Wildman–Crippen MR) is 267 cm³/mol. The van der Waals surface area contributed by atoms with Gasteiger partial charge in [0.15, 0.2) is 0 Å². The highest BCUT2D eigenvalue weighted by molar-refractivity contribution is 5.67. The number of piperidine rings is 2. The second kappa shape index (κ2) is 30.5. The second-order valence-electron chi connectivity index (χ2n) is 21.1. The third-order valence-corrected chi connectivity index (χ3v) is 14.8. The molecule has 2 aromatic carbocycles. The number of hydrogen-bond donors (Lipinski definition) is 2. The number of nitrogens with zero attached hydrogens (tertiary/aromatic N) is 2. The van der Waals surface area contributed by atoms with Crippen molar-refractivity contribution in [1.82, 2.24) is 9.80 Å². The summed E-state index contributed by atoms with van der Waals surface area (Å²) < 4.78 is 0. The smallest absolute Gasteiger partial charge is 0.303 e. The van der Waals surface area contributed by atoms with Crippen molar-refractivity contribution < 1.29 is 19.8 Å². The molecule has 2 N–H and O–H groups in total. The highest BCUT2D eigenvalue weighted by atomic mass is 16.4. The minimum absolute atomic E-state index is 0.286. The van der Waals surface area contributed by atoms with Crippen LogP contribution >= 0.6 is 0 Å². The van der Waals surface area contributed by atoms with Crippen LogP contribution in [0.4, 0.5) is 0 Å². The lowest BCUT2D eigenvalue weighted by molar-refractivity contribution is -0.139. The first-order valence-corrected chi connectivity index (χ1v) is 26.4. The number of hydrogen-bond acceptors (Lipinski definition) is 4. The van der Waals surface area contributed by atoms with Crippen LogP contribution in [0.15, 0.2) is 48.5 Å². The van der Waals surface area contributed by atoms with Gasteiger partial charge in [-0.15, -0.1) is 0 Å². The van der Waals surface area contributed by atoms with Gasteiger partial charge in [-0.25, -0.2) is 0 Å². The van der Waals surface area contributed by atoms with E-state index < -0.39 is 11.9 Å². The van der Waals surface area contributed by atoms with Crippen LogP contribution in [-0.2, 0) is 22.4 Å². The summed E-state index contributed by atoms with van der Waals surface area (Å²) in [6.45, 7) is 23.8. The normalized spacial score (nSPS) is 22.0. The van der Waals surface area contributed by atoms with E-state index in [2.05, 4.69) is 121 Å². The Morgan fingerprint density at radius 3 is 1.56 bits per heavy atom. The van der Waals surface area contributed by atoms with Gasteiger partial charge in [-0.1, -0.05) is 162 Å². The van der Waals surface area contributed by atoms with Crippen molar-refractivity contribution in [3.05, 3.63) is 70.8 Å². The van der Waals surface area contributed by atoms with Crippen LogP contribution in [0, 0.1) is 35.5 Å². The van der Waals surface area contributed by atoms with Crippen LogP contribution in [0.3, 0.4) is 0 Å². The van der Waals surface area contributed by atoms with Gasteiger partial charge >= 0.3 is 11.9 Å². The second-order valence-corrected chi connectivity index (χ2v) is 21.1. The molecule has 0 aromatic heterocycles. The average Bonchev–Trinajstić information content (AvgIpc) is 3.79. The van der Waals surface area contributed by atoms with E-state index in [9.17, 15) is 19.8 Å². The molecule has 0 bridgehead atoms. The summed E-state index contributed by atoms with van der Waals surface area (Å²) in [4.78, 5) is 27.9. The number of benzene rings is 2. The average molecular weight is 873 g/mol. The quantitative estimate of drug-likeness (QED) is 0.116. The molecule has 1 aliphatic carbocycles. The highest BCUT2D eigenvalue weighted by Crippen LogP contribution is 2.40. The number of aliphatic carboxylic acids is 2. The highest BCUT2D eigenvalue weighted by Gasteiger charge is 2.35. The van der Waals surface area contributed by atoms with Crippen molar-refractivity contribution in [2.24, 2.45) is 35.5 Å². The monoisotopic (exact) mass is 873 g/mol. The van der Waals surface area contributed by atoms with Gasteiger partial charge in [0.25, 0.3) is 0 Å². The van der Waals surface area contributed by atoms with Gasteiger partial charge in [-0.2, -0.15) is 0 Å². The summed E-state index contributed by atoms with van der Waals surface area (Å²) >= 11 is 0. The molecule has 358 valence electrons. The Kier molecular flexibility index (Phi) is 26.4. The maximum atomic E-state index is 11.4. The molecule has 5 rings (SSSR count). The van der Waals surface area contributed by atoms with Crippen LogP contribution in [0.2, 0.25) is 0 Å². The fourth-order valence-corrected chi connectivity index (χ4v) is 10.6. The third kappa shape index (κ3) is 21.0. The van der Waals surface area contributed by atoms with E-state index in [0.29, 0.717) is 36.9 Å². The molecular formula is C57H96N2O4. The zero-order valence-corrected chi connectivity index (χ0v) is 42.1. The van der Waals surface area contributed by atoms with Crippen molar-refractivity contribution in [3.63, 3.8) is 0 Å². The Bertz CT molecular complexity index is 1500. The van der Waals surface area contributed by atoms with Gasteiger partial charge in [0.2, 0.25) is 0 Å². The predicted octanol–water partition coefficient (Wildman–Crippen LogP) is 15.4. The van der Waals surface area contributed by atoms with Crippen molar-refractivity contribution in [1.29, 1.82) is 0 Å². The fraction of sp³-hybridized carbons (Fsp3) is 0.754. The first-order chi connectivity index (χ1) is 30.3. The van der Waals surface area contributed by atoms with E-state index in [1.807, 2.05) is 0 Å². The maximum absolute atomic E-state index is 11.4. The first kappa shape index (κ1) is 54.6. The summed E-state index contributed by atoms with van der Waals surface area (Å²) in [6.07, 6.45) is 25.4. The lowest BCUT2D eigenvalue weighted by Gasteiger charge is -2.45. The number of carboxylic acid groups (broad SMARTS) is 2. The number of likely N-dealkylation sites (tertiary alicyclic amines) is 2. The van der Waals surface area contributed by atoms with Crippen LogP contribution in [0.5, 0.6) is 0 Å². The van der Waals surface area contributed by atoms with Gasteiger partial charge in [-0.3, -0.25) is 19.4 Å². The molecule has 0 spiro atoms. The van der Waals surface area contributed by atoms with Crippen LogP contribution in [0.1, 0.15) is 225 Å². The largest absolute Gasteiger partial charge is 0.481 e. The number of aryl methyl sites for hydroxylation is 2.